The summed E-state index contributed by atoms with van der Waals surface area (Å²) in [5, 5.41) is 3.11. The number of aromatic nitrogens is 1. The first-order valence-electron chi connectivity index (χ1n) is 7.36. The first kappa shape index (κ1) is 14.1. The monoisotopic (exact) mass is 339 g/mol. The minimum atomic E-state index is 0.0319. The van der Waals surface area contributed by atoms with Gasteiger partial charge in [0.2, 0.25) is 0 Å². The smallest absolute Gasteiger partial charge is 0.267 e. The molecule has 3 rings (SSSR count). The minimum absolute atomic E-state index is 0.0319. The quantitative estimate of drug-likeness (QED) is 0.917. The first-order chi connectivity index (χ1) is 9.54. The molecule has 2 atom stereocenters. The number of piperidine rings is 1. The van der Waals surface area contributed by atoms with Crippen LogP contribution in [0.5, 0.6) is 0 Å². The number of hydrogen-bond donors (Lipinski definition) is 1. The third-order valence-corrected chi connectivity index (χ3v) is 5.39. The van der Waals surface area contributed by atoms with E-state index in [-0.39, 0.29) is 5.91 Å². The van der Waals surface area contributed by atoms with E-state index in [2.05, 4.69) is 33.2 Å². The van der Waals surface area contributed by atoms with Crippen LogP contribution in [0.4, 0.5) is 0 Å². The van der Waals surface area contributed by atoms with Gasteiger partial charge in [-0.2, -0.15) is 0 Å². The highest BCUT2D eigenvalue weighted by Gasteiger charge is 2.38. The molecule has 3 heterocycles. The molecule has 5 heteroatoms. The fourth-order valence-corrected chi connectivity index (χ4v) is 4.29. The normalized spacial score (nSPS) is 29.6. The molecular formula is C15H22BrN3O. The standard InChI is InChI=1S/C15H22BrN3O/c1-18-9-11(16)7-14(18)15(20)17-8-10-5-12-3-4-13(6-10)19(12)2/h7,9-10,12-13H,3-6,8H2,1-2H3,(H,17,20). The second kappa shape index (κ2) is 5.53. The SMILES string of the molecule is CN1C2CCC1CC(CNC(=O)c1cc(Br)cn1C)C2. The highest BCUT2D eigenvalue weighted by Crippen LogP contribution is 2.37. The molecule has 0 spiro atoms. The molecule has 1 aromatic rings. The summed E-state index contributed by atoms with van der Waals surface area (Å²) in [6.45, 7) is 0.808. The number of carbonyl (C=O) groups excluding carboxylic acids is 1. The van der Waals surface area contributed by atoms with E-state index in [0.717, 1.165) is 23.1 Å². The predicted molar refractivity (Wildman–Crippen MR) is 82.7 cm³/mol. The Hall–Kier alpha value is -0.810. The Morgan fingerprint density at radius 3 is 2.55 bits per heavy atom. The molecule has 0 saturated carbocycles. The van der Waals surface area contributed by atoms with Crippen molar-refractivity contribution >= 4 is 21.8 Å². The van der Waals surface area contributed by atoms with Crippen LogP contribution in [-0.2, 0) is 7.05 Å². The molecule has 2 fully saturated rings. The summed E-state index contributed by atoms with van der Waals surface area (Å²) in [6.07, 6.45) is 7.02. The summed E-state index contributed by atoms with van der Waals surface area (Å²) in [7, 11) is 4.15. The van der Waals surface area contributed by atoms with Crippen LogP contribution in [0.3, 0.4) is 0 Å². The van der Waals surface area contributed by atoms with Crippen molar-refractivity contribution in [3.63, 3.8) is 0 Å². The number of fused-ring (bicyclic) bond motifs is 2. The summed E-state index contributed by atoms with van der Waals surface area (Å²) < 4.78 is 2.81. The fourth-order valence-electron chi connectivity index (χ4n) is 3.77. The lowest BCUT2D eigenvalue weighted by Gasteiger charge is -2.36. The Morgan fingerprint density at radius 1 is 1.35 bits per heavy atom. The van der Waals surface area contributed by atoms with Gasteiger partial charge < -0.3 is 14.8 Å². The molecule has 1 amide bonds. The molecule has 1 N–H and O–H groups in total. The topological polar surface area (TPSA) is 37.3 Å². The van der Waals surface area contributed by atoms with Gasteiger partial charge in [0.05, 0.1) is 0 Å². The lowest BCUT2D eigenvalue weighted by molar-refractivity contribution is 0.0909. The van der Waals surface area contributed by atoms with Crippen molar-refractivity contribution in [2.75, 3.05) is 13.6 Å². The van der Waals surface area contributed by atoms with E-state index in [4.69, 9.17) is 0 Å². The molecule has 20 heavy (non-hydrogen) atoms. The van der Waals surface area contributed by atoms with Gasteiger partial charge in [-0.25, -0.2) is 0 Å². The molecule has 2 aliphatic rings. The Bertz CT molecular complexity index is 499. The molecule has 2 aliphatic heterocycles. The van der Waals surface area contributed by atoms with Gasteiger partial charge in [-0.15, -0.1) is 0 Å². The molecular weight excluding hydrogens is 318 g/mol. The predicted octanol–water partition coefficient (Wildman–Crippen LogP) is 2.39. The number of amides is 1. The van der Waals surface area contributed by atoms with Crippen LogP contribution < -0.4 is 5.32 Å². The molecule has 0 aliphatic carbocycles. The van der Waals surface area contributed by atoms with E-state index in [1.165, 1.54) is 25.7 Å². The van der Waals surface area contributed by atoms with Gasteiger partial charge in [0.25, 0.3) is 5.91 Å². The van der Waals surface area contributed by atoms with Crippen molar-refractivity contribution in [1.82, 2.24) is 14.8 Å². The molecule has 0 aromatic carbocycles. The number of hydrogen-bond acceptors (Lipinski definition) is 2. The summed E-state index contributed by atoms with van der Waals surface area (Å²) in [5.74, 6) is 0.667. The zero-order valence-corrected chi connectivity index (χ0v) is 13.7. The molecule has 2 saturated heterocycles. The van der Waals surface area contributed by atoms with Crippen LogP contribution in [0.1, 0.15) is 36.2 Å². The highest BCUT2D eigenvalue weighted by molar-refractivity contribution is 9.10. The van der Waals surface area contributed by atoms with Crippen molar-refractivity contribution in [3.8, 4) is 0 Å². The van der Waals surface area contributed by atoms with Crippen molar-refractivity contribution in [3.05, 3.63) is 22.4 Å². The maximum atomic E-state index is 12.2. The van der Waals surface area contributed by atoms with E-state index >= 15 is 0 Å². The third kappa shape index (κ3) is 2.66. The number of carbonyl (C=O) groups is 1. The largest absolute Gasteiger partial charge is 0.350 e. The van der Waals surface area contributed by atoms with E-state index in [1.54, 1.807) is 0 Å². The lowest BCUT2D eigenvalue weighted by atomic mass is 9.91. The second-order valence-corrected chi connectivity index (χ2v) is 7.17. The van der Waals surface area contributed by atoms with Crippen LogP contribution in [0.25, 0.3) is 0 Å². The number of halogens is 1. The second-order valence-electron chi connectivity index (χ2n) is 6.25. The Balaban J connectivity index is 1.55. The summed E-state index contributed by atoms with van der Waals surface area (Å²) >= 11 is 3.40. The van der Waals surface area contributed by atoms with E-state index < -0.39 is 0 Å². The minimum Gasteiger partial charge on any atom is -0.350 e. The van der Waals surface area contributed by atoms with Crippen molar-refractivity contribution in [2.24, 2.45) is 13.0 Å². The first-order valence-corrected chi connectivity index (χ1v) is 8.16. The average Bonchev–Trinajstić information content (AvgIpc) is 2.83. The molecule has 2 unspecified atom stereocenters. The van der Waals surface area contributed by atoms with Crippen LogP contribution in [-0.4, -0.2) is 41.1 Å². The third-order valence-electron chi connectivity index (χ3n) is 4.95. The van der Waals surface area contributed by atoms with Crippen LogP contribution in [0, 0.1) is 5.92 Å². The Labute approximate surface area is 128 Å². The van der Waals surface area contributed by atoms with Crippen LogP contribution >= 0.6 is 15.9 Å². The summed E-state index contributed by atoms with van der Waals surface area (Å²) in [6, 6.07) is 3.34. The zero-order chi connectivity index (χ0) is 14.3. The van der Waals surface area contributed by atoms with Gasteiger partial charge in [0, 0.05) is 36.3 Å². The van der Waals surface area contributed by atoms with E-state index in [0.29, 0.717) is 11.6 Å². The number of nitrogens with zero attached hydrogens (tertiary/aromatic N) is 2. The van der Waals surface area contributed by atoms with E-state index in [1.807, 2.05) is 23.9 Å². The van der Waals surface area contributed by atoms with Crippen molar-refractivity contribution < 1.29 is 4.79 Å². The van der Waals surface area contributed by atoms with Crippen LogP contribution in [0.2, 0.25) is 0 Å². The lowest BCUT2D eigenvalue weighted by Crippen LogP contribution is -2.43. The van der Waals surface area contributed by atoms with Crippen LogP contribution in [0.15, 0.2) is 16.7 Å². The molecule has 110 valence electrons. The van der Waals surface area contributed by atoms with Gasteiger partial charge in [-0.3, -0.25) is 4.79 Å². The van der Waals surface area contributed by atoms with Gasteiger partial charge in [-0.1, -0.05) is 0 Å². The van der Waals surface area contributed by atoms with Gasteiger partial charge >= 0.3 is 0 Å². The molecule has 2 bridgehead atoms. The van der Waals surface area contributed by atoms with E-state index in [9.17, 15) is 4.79 Å². The highest BCUT2D eigenvalue weighted by atomic mass is 79.9. The van der Waals surface area contributed by atoms with Crippen molar-refractivity contribution in [2.45, 2.75) is 37.8 Å². The molecule has 0 radical (unpaired) electrons. The summed E-state index contributed by atoms with van der Waals surface area (Å²) in [5.41, 5.74) is 0.716. The number of aryl methyl sites for hydroxylation is 1. The zero-order valence-electron chi connectivity index (χ0n) is 12.1. The van der Waals surface area contributed by atoms with Gasteiger partial charge in [0.1, 0.15) is 5.69 Å². The van der Waals surface area contributed by atoms with Gasteiger partial charge in [0.15, 0.2) is 0 Å². The summed E-state index contributed by atoms with van der Waals surface area (Å²) in [4.78, 5) is 14.7. The Morgan fingerprint density at radius 2 is 2.00 bits per heavy atom. The van der Waals surface area contributed by atoms with Crippen molar-refractivity contribution in [1.29, 1.82) is 0 Å². The number of nitrogens with one attached hydrogen (secondary N) is 1. The maximum Gasteiger partial charge on any atom is 0.267 e. The number of rotatable bonds is 3. The average molecular weight is 340 g/mol. The molecule has 4 nitrogen and oxygen atoms in total. The molecule has 1 aromatic heterocycles. The fraction of sp³-hybridized carbons (Fsp3) is 0.667. The maximum absolute atomic E-state index is 12.2. The van der Waals surface area contributed by atoms with Gasteiger partial charge in [-0.05, 0) is 60.6 Å². The Kier molecular flexibility index (Phi) is 3.91.